The maximum atomic E-state index is 8.63. The molecule has 84 valence electrons. The quantitative estimate of drug-likeness (QED) is 0.823. The molecule has 0 aliphatic carbocycles. The van der Waals surface area contributed by atoms with Crippen LogP contribution < -0.4 is 0 Å². The van der Waals surface area contributed by atoms with Gasteiger partial charge in [0.1, 0.15) is 0 Å². The van der Waals surface area contributed by atoms with Crippen molar-refractivity contribution in [3.8, 4) is 0 Å². The smallest absolute Gasteiger partial charge is 0.367 e. The fraction of sp³-hybridized carbons (Fsp3) is 0.455. The van der Waals surface area contributed by atoms with Crippen molar-refractivity contribution >= 4 is 18.3 Å². The van der Waals surface area contributed by atoms with E-state index >= 15 is 0 Å². The molecule has 0 fully saturated rings. The van der Waals surface area contributed by atoms with E-state index in [4.69, 9.17) is 8.91 Å². The summed E-state index contributed by atoms with van der Waals surface area (Å²) in [6.07, 6.45) is 1.14. The highest BCUT2D eigenvalue weighted by atomic mass is 28.4. The largest absolute Gasteiger partial charge is 0.435 e. The van der Waals surface area contributed by atoms with Gasteiger partial charge >= 0.3 is 9.28 Å². The topological polar surface area (TPSA) is 29.5 Å². The Hall–Kier alpha value is -0.426. The molecule has 15 heavy (non-hydrogen) atoms. The molecule has 0 atom stereocenters. The molecular formula is C11H20O2Si2. The number of hydrogen-bond donors (Lipinski definition) is 1. The van der Waals surface area contributed by atoms with Crippen molar-refractivity contribution in [2.45, 2.75) is 33.0 Å². The molecule has 1 rings (SSSR count). The third-order valence-electron chi connectivity index (χ3n) is 1.60. The molecule has 0 amide bonds. The number of rotatable bonds is 3. The first-order chi connectivity index (χ1) is 7.06. The molecule has 0 unspecified atom stereocenters. The molecule has 0 bridgehead atoms. The summed E-state index contributed by atoms with van der Waals surface area (Å²) in [6.45, 7) is 7.90. The van der Waals surface area contributed by atoms with Gasteiger partial charge in [-0.3, -0.25) is 0 Å². The predicted octanol–water partition coefficient (Wildman–Crippen LogP) is 2.61. The van der Waals surface area contributed by atoms with E-state index in [1.807, 2.05) is 19.2 Å². The average Bonchev–Trinajstić information content (AvgIpc) is 2.18. The number of hydrogen-bond acceptors (Lipinski definition) is 2. The third-order valence-corrected chi connectivity index (χ3v) is 4.42. The zero-order valence-electron chi connectivity index (χ0n) is 9.95. The molecule has 0 aliphatic heterocycles. The van der Waals surface area contributed by atoms with Crippen LogP contribution in [0.25, 0.3) is 0 Å². The molecule has 0 aliphatic rings. The van der Waals surface area contributed by atoms with Crippen LogP contribution >= 0.6 is 0 Å². The van der Waals surface area contributed by atoms with Gasteiger partial charge in [0.05, 0.1) is 0 Å². The Morgan fingerprint density at radius 1 is 1.13 bits per heavy atom. The molecule has 1 aromatic rings. The molecule has 1 aromatic carbocycles. The minimum atomic E-state index is -1.39. The van der Waals surface area contributed by atoms with Crippen LogP contribution in [-0.2, 0) is 10.5 Å². The van der Waals surface area contributed by atoms with Crippen LogP contribution in [0.2, 0.25) is 19.6 Å². The molecule has 0 heterocycles. The average molecular weight is 240 g/mol. The van der Waals surface area contributed by atoms with Crippen molar-refractivity contribution in [2.24, 2.45) is 0 Å². The summed E-state index contributed by atoms with van der Waals surface area (Å²) in [5.41, 5.74) is 1.41. The van der Waals surface area contributed by atoms with Gasteiger partial charge in [0.15, 0.2) is 9.04 Å². The van der Waals surface area contributed by atoms with Crippen molar-refractivity contribution in [2.75, 3.05) is 0 Å². The monoisotopic (exact) mass is 240 g/mol. The Bertz CT molecular complexity index is 232. The van der Waals surface area contributed by atoms with Crippen LogP contribution in [0.15, 0.2) is 30.3 Å². The molecule has 1 N–H and O–H groups in total. The van der Waals surface area contributed by atoms with Crippen molar-refractivity contribution in [1.29, 1.82) is 0 Å². The van der Waals surface area contributed by atoms with Gasteiger partial charge in [-0.25, -0.2) is 0 Å². The first kappa shape index (κ1) is 14.6. The van der Waals surface area contributed by atoms with Gasteiger partial charge in [0.25, 0.3) is 0 Å². The summed E-state index contributed by atoms with van der Waals surface area (Å²) in [5, 5.41) is 0. The van der Waals surface area contributed by atoms with Crippen LogP contribution in [0, 0.1) is 0 Å². The van der Waals surface area contributed by atoms with Gasteiger partial charge in [-0.05, 0) is 31.6 Å². The normalized spacial score (nSPS) is 10.1. The maximum Gasteiger partial charge on any atom is 0.367 e. The second-order valence-corrected chi connectivity index (χ2v) is 7.04. The summed E-state index contributed by atoms with van der Waals surface area (Å²) in [6, 6.07) is 10.5. The summed E-state index contributed by atoms with van der Waals surface area (Å²) >= 11 is 0. The van der Waals surface area contributed by atoms with Crippen LogP contribution in [0.4, 0.5) is 0 Å². The Kier molecular flexibility index (Phi) is 8.60. The minimum absolute atomic E-state index is 0.639. The molecule has 0 saturated heterocycles. The molecule has 4 heteroatoms. The number of aryl methyl sites for hydroxylation is 1. The van der Waals surface area contributed by atoms with Crippen LogP contribution in [0.5, 0.6) is 0 Å². The lowest BCUT2D eigenvalue weighted by atomic mass is 10.2. The van der Waals surface area contributed by atoms with E-state index < -0.39 is 18.3 Å². The Balaban J connectivity index is 0.000000265. The standard InChI is InChI=1S/C8H10.C3H10O2Si2/c1-2-8-6-4-3-5-7-8;1-6(2)5-7(3)4/h3-7H,2H2,1H3;4H,1-3H3. The van der Waals surface area contributed by atoms with Crippen molar-refractivity contribution in [3.05, 3.63) is 35.9 Å². The molecule has 2 radical (unpaired) electrons. The summed E-state index contributed by atoms with van der Waals surface area (Å²) in [7, 11) is -2.03. The second kappa shape index (κ2) is 8.85. The predicted molar refractivity (Wildman–Crippen MR) is 68.2 cm³/mol. The lowest BCUT2D eigenvalue weighted by Crippen LogP contribution is -2.20. The third kappa shape index (κ3) is 9.87. The van der Waals surface area contributed by atoms with Crippen molar-refractivity contribution in [1.82, 2.24) is 0 Å². The van der Waals surface area contributed by atoms with Crippen molar-refractivity contribution < 1.29 is 8.91 Å². The highest BCUT2D eigenvalue weighted by Gasteiger charge is 2.03. The highest BCUT2D eigenvalue weighted by Crippen LogP contribution is 1.96. The van der Waals surface area contributed by atoms with E-state index in [1.54, 1.807) is 6.55 Å². The SMILES string of the molecule is CCc1ccccc1.C[Si](C)O[Si](C)O. The van der Waals surface area contributed by atoms with Gasteiger partial charge in [0.2, 0.25) is 0 Å². The summed E-state index contributed by atoms with van der Waals surface area (Å²) < 4.78 is 5.01. The lowest BCUT2D eigenvalue weighted by Gasteiger charge is -2.03. The fourth-order valence-electron chi connectivity index (χ4n) is 1.01. The zero-order valence-corrected chi connectivity index (χ0v) is 11.9. The van der Waals surface area contributed by atoms with E-state index in [1.165, 1.54) is 5.56 Å². The van der Waals surface area contributed by atoms with Gasteiger partial charge in [-0.15, -0.1) is 0 Å². The van der Waals surface area contributed by atoms with Gasteiger partial charge < -0.3 is 8.91 Å². The van der Waals surface area contributed by atoms with E-state index in [-0.39, 0.29) is 0 Å². The number of benzene rings is 1. The second-order valence-electron chi connectivity index (χ2n) is 3.37. The van der Waals surface area contributed by atoms with Crippen LogP contribution in [-0.4, -0.2) is 23.1 Å². The highest BCUT2D eigenvalue weighted by molar-refractivity contribution is 6.60. The molecule has 0 saturated carbocycles. The fourth-order valence-corrected chi connectivity index (χ4v) is 3.37. The Morgan fingerprint density at radius 3 is 1.87 bits per heavy atom. The Morgan fingerprint density at radius 2 is 1.67 bits per heavy atom. The molecular weight excluding hydrogens is 220 g/mol. The summed E-state index contributed by atoms with van der Waals surface area (Å²) in [4.78, 5) is 8.63. The van der Waals surface area contributed by atoms with E-state index in [9.17, 15) is 0 Å². The van der Waals surface area contributed by atoms with Gasteiger partial charge in [-0.1, -0.05) is 37.3 Å². The first-order valence-electron chi connectivity index (χ1n) is 5.10. The Labute approximate surface area is 96.5 Å². The molecule has 0 spiro atoms. The summed E-state index contributed by atoms with van der Waals surface area (Å²) in [5.74, 6) is 0. The minimum Gasteiger partial charge on any atom is -0.435 e. The van der Waals surface area contributed by atoms with Crippen molar-refractivity contribution in [3.63, 3.8) is 0 Å². The zero-order chi connectivity index (χ0) is 11.7. The molecule has 0 aromatic heterocycles. The first-order valence-corrected chi connectivity index (χ1v) is 9.37. The van der Waals surface area contributed by atoms with Crippen LogP contribution in [0.1, 0.15) is 12.5 Å². The van der Waals surface area contributed by atoms with Crippen LogP contribution in [0.3, 0.4) is 0 Å². The van der Waals surface area contributed by atoms with E-state index in [2.05, 4.69) is 31.2 Å². The van der Waals surface area contributed by atoms with E-state index in [0.717, 1.165) is 6.42 Å². The van der Waals surface area contributed by atoms with Gasteiger partial charge in [0, 0.05) is 0 Å². The van der Waals surface area contributed by atoms with E-state index in [0.29, 0.717) is 0 Å². The molecule has 2 nitrogen and oxygen atoms in total. The maximum absolute atomic E-state index is 8.63. The van der Waals surface area contributed by atoms with Gasteiger partial charge in [-0.2, -0.15) is 0 Å². The lowest BCUT2D eigenvalue weighted by molar-refractivity contribution is 0.433.